The number of primary amides is 1. The number of nitriles is 1. The summed E-state index contributed by atoms with van der Waals surface area (Å²) in [5, 5.41) is 16.1. The van der Waals surface area contributed by atoms with Crippen molar-refractivity contribution >= 4 is 155 Å². The maximum absolute atomic E-state index is 11.5. The van der Waals surface area contributed by atoms with Crippen LogP contribution in [0.5, 0.6) is 0 Å². The van der Waals surface area contributed by atoms with E-state index in [0.29, 0.717) is 77.5 Å². The number of ether oxygens (including phenoxy) is 5. The number of hydrogen-bond donors (Lipinski definition) is 4. The summed E-state index contributed by atoms with van der Waals surface area (Å²) in [6.07, 6.45) is 3.72. The van der Waals surface area contributed by atoms with Crippen LogP contribution in [0.25, 0.3) is 4.85 Å². The number of ketones is 1. The molecule has 4 fully saturated rings. The van der Waals surface area contributed by atoms with E-state index < -0.39 is 43.5 Å². The molecule has 10 rings (SSSR count). The van der Waals surface area contributed by atoms with E-state index in [0.717, 1.165) is 80.7 Å². The minimum Gasteiger partial charge on any atom is -0.395 e. The van der Waals surface area contributed by atoms with Gasteiger partial charge in [-0.3, -0.25) is 9.59 Å². The second-order valence-electron chi connectivity index (χ2n) is 20.5. The minimum absolute atomic E-state index is 0. The van der Waals surface area contributed by atoms with Gasteiger partial charge in [0, 0.05) is 60.6 Å². The van der Waals surface area contributed by atoms with Gasteiger partial charge in [0.15, 0.2) is 5.78 Å². The van der Waals surface area contributed by atoms with Gasteiger partial charge < -0.3 is 50.8 Å². The van der Waals surface area contributed by atoms with Crippen molar-refractivity contribution in [3.05, 3.63) is 218 Å². The van der Waals surface area contributed by atoms with Crippen LogP contribution in [0.1, 0.15) is 84.6 Å². The normalized spacial score (nSPS) is 19.5. The van der Waals surface area contributed by atoms with Crippen LogP contribution in [-0.4, -0.2) is 113 Å². The molecule has 4 saturated heterocycles. The van der Waals surface area contributed by atoms with Crippen LogP contribution in [0.15, 0.2) is 170 Å². The summed E-state index contributed by atoms with van der Waals surface area (Å²) in [5.74, 6) is -0.208. The molecule has 0 radical (unpaired) electrons. The molecule has 17 nitrogen and oxygen atoms in total. The third-order valence-corrected chi connectivity index (χ3v) is 20.1. The van der Waals surface area contributed by atoms with Crippen molar-refractivity contribution in [1.82, 2.24) is 0 Å². The molecule has 4 heterocycles. The summed E-state index contributed by atoms with van der Waals surface area (Å²) >= 11 is 26.1. The van der Waals surface area contributed by atoms with Crippen molar-refractivity contribution in [2.24, 2.45) is 17.2 Å². The van der Waals surface area contributed by atoms with Gasteiger partial charge in [0.05, 0.1) is 75.0 Å². The molecule has 93 heavy (non-hydrogen) atoms. The number of carbonyl (C=O) groups excluding carboxylic acids is 4. The number of Topliss-reactive ketones (excluding diaryl/α,β-unsaturated/α-hetero) is 1. The first-order valence-corrected chi connectivity index (χ1v) is 36.2. The molecule has 0 bridgehead atoms. The number of carbonyl (C=O) groups is 4. The Balaban J connectivity index is 0.000000369. The number of nitrogens with zero attached hydrogens (tertiary/aromatic N) is 2. The van der Waals surface area contributed by atoms with Gasteiger partial charge in [-0.05, 0) is 109 Å². The fraction of sp³-hybridized carbons (Fsp3) is 0.373. The number of amides is 1. The summed E-state index contributed by atoms with van der Waals surface area (Å²) < 4.78 is 40.8. The fourth-order valence-electron chi connectivity index (χ4n) is 8.65. The van der Waals surface area contributed by atoms with Gasteiger partial charge >= 0.3 is 96.1 Å². The third-order valence-electron chi connectivity index (χ3n) is 13.7. The number of aliphatic hydroxyl groups is 1. The number of hydrogen-bond acceptors (Lipinski definition) is 15. The molecule has 7 N–H and O–H groups in total. The third kappa shape index (κ3) is 30.5. The van der Waals surface area contributed by atoms with E-state index in [1.54, 1.807) is 19.1 Å². The van der Waals surface area contributed by atoms with Crippen molar-refractivity contribution in [3.63, 3.8) is 0 Å². The molecule has 6 aromatic carbocycles. The molecular formula is C67H78Br4Cl4IN5O12. The van der Waals surface area contributed by atoms with E-state index in [-0.39, 0.29) is 47.8 Å². The van der Waals surface area contributed by atoms with Gasteiger partial charge in [-0.2, -0.15) is 5.26 Å². The van der Waals surface area contributed by atoms with Crippen LogP contribution in [0, 0.1) is 21.5 Å². The summed E-state index contributed by atoms with van der Waals surface area (Å²) in [4.78, 5) is 48.0. The van der Waals surface area contributed by atoms with E-state index in [4.69, 9.17) is 94.0 Å². The average Bonchev–Trinajstić information content (AvgIpc) is 1.77. The smallest absolute Gasteiger partial charge is 0.282 e. The van der Waals surface area contributed by atoms with Gasteiger partial charge in [-0.25, -0.2) is 6.57 Å². The van der Waals surface area contributed by atoms with E-state index >= 15 is 0 Å². The molecular weight excluding hydrogens is 1660 g/mol. The van der Waals surface area contributed by atoms with E-state index in [1.165, 1.54) is 13.8 Å². The molecule has 0 saturated carbocycles. The van der Waals surface area contributed by atoms with E-state index in [2.05, 4.69) is 91.5 Å². The Kier molecular flexibility index (Phi) is 42.2. The molecule has 4 atom stereocenters. The van der Waals surface area contributed by atoms with Crippen molar-refractivity contribution in [2.75, 3.05) is 83.9 Å². The molecule has 4 aliphatic heterocycles. The SMILES string of the molecule is CC(=O)OI(OC(C)=O)c1ccccc1.CC(=O)c1ccc(C2(N)CCOC2)cc1.Cl.ClCCOCCl.N#CCc1ccc(Br)cc1.NC(=O)C1(c2ccc(Br)cc2)CCOC1.NC1(c2ccc(Br)cc2)CCOC1.OCCCl.[C-]#[N+]C1(c2ccc(Br)cc2)CCOC1. The number of rotatable bonds is 14. The average molecular weight is 1730 g/mol. The molecule has 506 valence electrons. The Morgan fingerprint density at radius 2 is 1.01 bits per heavy atom. The van der Waals surface area contributed by atoms with Crippen molar-refractivity contribution in [2.45, 2.75) is 74.9 Å². The van der Waals surface area contributed by atoms with Crippen LogP contribution in [0.3, 0.4) is 0 Å². The standard InChI is InChI=1S/C12H15NO2.C11H12BrNO2.C11H10BrNO.C10H12BrNO.C10H11IO4.C8H6BrN.C3H6Cl2O.C2H5ClO.ClH/c1-9(14)10-2-4-11(5-3-10)12(13)6-7-15-8-12;12-9-3-1-8(2-4-9)11(10(13)14)5-6-15-7-11;1-13-11(6-7-14-8-11)9-2-4-10(12)5-3-9;11-9-3-1-8(2-4-9)10(12)5-6-13-7-10;1-8(12)14-11(15-9(2)13)10-6-4-3-5-7-10;9-8-3-1-7(2-4-8)5-6-10;4-1-2-6-3-5;3-1-2-4;/h2-5H,6-8,13H2,1H3;1-4H,5-7H2,(H2,13,14);2-5H,6-8H2;1-4H,5-7,12H2;3-7H,1-2H3;1-4H,5H2;1-3H2;4H,1-2H2;1H. The van der Waals surface area contributed by atoms with E-state index in [9.17, 15) is 19.2 Å². The topological polar surface area (TPSA) is 259 Å². The zero-order chi connectivity index (χ0) is 68.0. The molecule has 6 aromatic rings. The Morgan fingerprint density at radius 1 is 0.602 bits per heavy atom. The molecule has 4 aliphatic rings. The monoisotopic (exact) mass is 1730 g/mol. The maximum Gasteiger partial charge on any atom is 0.282 e. The number of alkyl halides is 3. The largest absolute Gasteiger partial charge is 0.395 e. The fourth-order valence-corrected chi connectivity index (χ4v) is 12.7. The first kappa shape index (κ1) is 85.0. The van der Waals surface area contributed by atoms with Crippen LogP contribution in [0.4, 0.5) is 0 Å². The van der Waals surface area contributed by atoms with Crippen molar-refractivity contribution < 1.29 is 54.1 Å². The van der Waals surface area contributed by atoms with Crippen LogP contribution >= 0.6 is 132 Å². The zero-order valence-corrected chi connectivity index (χ0v) is 63.2. The molecule has 0 aliphatic carbocycles. The maximum atomic E-state index is 11.5. The molecule has 26 heteroatoms. The zero-order valence-electron chi connectivity index (χ0n) is 51.7. The van der Waals surface area contributed by atoms with Crippen LogP contribution in [0.2, 0.25) is 0 Å². The van der Waals surface area contributed by atoms with Crippen molar-refractivity contribution in [3.8, 4) is 6.07 Å². The number of halogens is 9. The predicted octanol–water partition coefficient (Wildman–Crippen LogP) is 15.0. The molecule has 1 amide bonds. The summed E-state index contributed by atoms with van der Waals surface area (Å²) in [6.45, 7) is 17.0. The first-order chi connectivity index (χ1) is 44.0. The Bertz CT molecular complexity index is 3190. The van der Waals surface area contributed by atoms with Crippen LogP contribution < -0.4 is 17.2 Å². The van der Waals surface area contributed by atoms with E-state index in [1.807, 2.05) is 127 Å². The van der Waals surface area contributed by atoms with Gasteiger partial charge in [0.2, 0.25) is 5.91 Å². The Labute approximate surface area is 608 Å². The number of benzene rings is 6. The summed E-state index contributed by atoms with van der Waals surface area (Å²) in [6, 6.07) is 50.4. The van der Waals surface area contributed by atoms with Gasteiger partial charge in [-0.15, -0.1) is 35.6 Å². The van der Waals surface area contributed by atoms with Crippen LogP contribution in [-0.2, 0) is 72.7 Å². The summed E-state index contributed by atoms with van der Waals surface area (Å²) in [5.41, 5.74) is 22.2. The van der Waals surface area contributed by atoms with Gasteiger partial charge in [-0.1, -0.05) is 136 Å². The molecule has 4 unspecified atom stereocenters. The quantitative estimate of drug-likeness (QED) is 0.0260. The number of nitrogens with two attached hydrogens (primary N) is 3. The van der Waals surface area contributed by atoms with Crippen molar-refractivity contribution in [1.29, 1.82) is 5.26 Å². The van der Waals surface area contributed by atoms with Gasteiger partial charge in [0.25, 0.3) is 5.54 Å². The second-order valence-corrected chi connectivity index (χ2v) is 28.5. The number of aliphatic hydroxyl groups excluding tert-OH is 1. The molecule has 0 spiro atoms. The second kappa shape index (κ2) is 46.1. The Morgan fingerprint density at radius 3 is 1.34 bits per heavy atom. The molecule has 0 aromatic heterocycles. The predicted molar refractivity (Wildman–Crippen MR) is 390 cm³/mol. The van der Waals surface area contributed by atoms with Gasteiger partial charge in [0.1, 0.15) is 12.7 Å². The summed E-state index contributed by atoms with van der Waals surface area (Å²) in [7, 11) is 0. The Hall–Kier alpha value is -4.13. The first-order valence-electron chi connectivity index (χ1n) is 28.6. The minimum atomic E-state index is -2.59.